The molecule has 1 amide bonds. The zero-order valence-electron chi connectivity index (χ0n) is 16.9. The summed E-state index contributed by atoms with van der Waals surface area (Å²) >= 11 is 0. The first kappa shape index (κ1) is 20.5. The predicted molar refractivity (Wildman–Crippen MR) is 107 cm³/mol. The third-order valence-electron chi connectivity index (χ3n) is 4.51. The second-order valence-corrected chi connectivity index (χ2v) is 6.30. The van der Waals surface area contributed by atoms with Crippen molar-refractivity contribution in [2.75, 3.05) is 34.5 Å². The van der Waals surface area contributed by atoms with E-state index in [0.29, 0.717) is 41.8 Å². The number of hydrogen-bond acceptors (Lipinski definition) is 7. The second kappa shape index (κ2) is 9.29. The van der Waals surface area contributed by atoms with E-state index in [1.165, 1.54) is 13.3 Å². The van der Waals surface area contributed by atoms with E-state index in [1.807, 2.05) is 19.1 Å². The first-order valence-corrected chi connectivity index (χ1v) is 9.05. The van der Waals surface area contributed by atoms with Gasteiger partial charge in [-0.25, -0.2) is 5.43 Å². The smallest absolute Gasteiger partial charge is 0.273 e. The van der Waals surface area contributed by atoms with Crippen LogP contribution in [0.1, 0.15) is 22.8 Å². The monoisotopic (exact) mass is 400 g/mol. The second-order valence-electron chi connectivity index (χ2n) is 6.30. The highest BCUT2D eigenvalue weighted by atomic mass is 16.6. The molecule has 0 saturated carbocycles. The third-order valence-corrected chi connectivity index (χ3v) is 4.51. The molecule has 2 aromatic carbocycles. The average molecular weight is 400 g/mol. The van der Waals surface area contributed by atoms with E-state index in [-0.39, 0.29) is 0 Å². The highest BCUT2D eigenvalue weighted by Crippen LogP contribution is 2.33. The van der Waals surface area contributed by atoms with Crippen LogP contribution >= 0.6 is 0 Å². The number of carbonyl (C=O) groups excluding carboxylic acids is 1. The maximum absolute atomic E-state index is 12.6. The molecule has 0 radical (unpaired) electrons. The van der Waals surface area contributed by atoms with Gasteiger partial charge in [0.05, 0.1) is 20.4 Å². The zero-order chi connectivity index (χ0) is 20.8. The number of nitrogens with zero attached hydrogens (tertiary/aromatic N) is 1. The van der Waals surface area contributed by atoms with Crippen molar-refractivity contribution >= 4 is 12.1 Å². The normalized spacial score (nSPS) is 13.8. The molecule has 0 aromatic heterocycles. The lowest BCUT2D eigenvalue weighted by Gasteiger charge is -2.20. The van der Waals surface area contributed by atoms with Crippen LogP contribution in [-0.4, -0.2) is 46.7 Å². The van der Waals surface area contributed by atoms with Gasteiger partial charge in [-0.3, -0.25) is 4.79 Å². The number of ether oxygens (including phenoxy) is 5. The van der Waals surface area contributed by atoms with E-state index in [2.05, 4.69) is 10.5 Å². The average Bonchev–Trinajstić information content (AvgIpc) is 2.75. The number of rotatable bonds is 7. The highest BCUT2D eigenvalue weighted by molar-refractivity contribution is 5.86. The molecule has 3 rings (SSSR count). The number of hydrogen-bond donors (Lipinski definition) is 1. The summed E-state index contributed by atoms with van der Waals surface area (Å²) in [6.07, 6.45) is 0.670. The molecule has 0 aliphatic carbocycles. The van der Waals surface area contributed by atoms with Crippen LogP contribution in [0.4, 0.5) is 0 Å². The molecule has 1 aliphatic rings. The van der Waals surface area contributed by atoms with Crippen LogP contribution in [0.5, 0.6) is 23.0 Å². The number of nitrogens with one attached hydrogen (secondary N) is 1. The Hall–Kier alpha value is -3.26. The molecule has 0 saturated heterocycles. The van der Waals surface area contributed by atoms with Crippen LogP contribution in [0, 0.1) is 6.92 Å². The topological polar surface area (TPSA) is 87.6 Å². The van der Waals surface area contributed by atoms with Gasteiger partial charge in [-0.2, -0.15) is 5.10 Å². The van der Waals surface area contributed by atoms with E-state index >= 15 is 0 Å². The minimum absolute atomic E-state index is 0.411. The van der Waals surface area contributed by atoms with E-state index in [1.54, 1.807) is 32.4 Å². The molecule has 0 bridgehead atoms. The quantitative estimate of drug-likeness (QED) is 0.568. The van der Waals surface area contributed by atoms with Crippen LogP contribution in [-0.2, 0) is 9.53 Å². The molecule has 1 aliphatic heterocycles. The number of benzene rings is 2. The lowest BCUT2D eigenvalue weighted by atomic mass is 10.1. The van der Waals surface area contributed by atoms with Crippen molar-refractivity contribution < 1.29 is 28.5 Å². The van der Waals surface area contributed by atoms with Gasteiger partial charge in [-0.05, 0) is 36.8 Å². The Bertz CT molecular complexity index is 887. The molecule has 1 atom stereocenters. The summed E-state index contributed by atoms with van der Waals surface area (Å²) in [4.78, 5) is 12.6. The largest absolute Gasteiger partial charge is 0.496 e. The Morgan fingerprint density at radius 1 is 1.07 bits per heavy atom. The fourth-order valence-corrected chi connectivity index (χ4v) is 3.03. The minimum Gasteiger partial charge on any atom is -0.496 e. The third kappa shape index (κ3) is 4.60. The van der Waals surface area contributed by atoms with Crippen molar-refractivity contribution in [3.8, 4) is 23.0 Å². The molecule has 8 heteroatoms. The fourth-order valence-electron chi connectivity index (χ4n) is 3.03. The molecule has 0 fully saturated rings. The Morgan fingerprint density at radius 3 is 2.34 bits per heavy atom. The SMILES string of the molecule is COc1cc(/C=N/NC(=O)C(OC)c2ccc3c(c2)OCCO3)cc(OC)c1C. The highest BCUT2D eigenvalue weighted by Gasteiger charge is 2.22. The van der Waals surface area contributed by atoms with Gasteiger partial charge in [0, 0.05) is 18.2 Å². The molecule has 29 heavy (non-hydrogen) atoms. The van der Waals surface area contributed by atoms with Crippen LogP contribution in [0.2, 0.25) is 0 Å². The van der Waals surface area contributed by atoms with Crippen molar-refractivity contribution in [2.45, 2.75) is 13.0 Å². The predicted octanol–water partition coefficient (Wildman–Crippen LogP) is 2.62. The Kier molecular flexibility index (Phi) is 6.56. The van der Waals surface area contributed by atoms with Crippen LogP contribution in [0.3, 0.4) is 0 Å². The van der Waals surface area contributed by atoms with Crippen LogP contribution in [0.15, 0.2) is 35.4 Å². The van der Waals surface area contributed by atoms with Gasteiger partial charge >= 0.3 is 0 Å². The van der Waals surface area contributed by atoms with E-state index in [9.17, 15) is 4.79 Å². The number of methoxy groups -OCH3 is 3. The molecule has 8 nitrogen and oxygen atoms in total. The molecular weight excluding hydrogens is 376 g/mol. The standard InChI is InChI=1S/C21H24N2O6/c1-13-17(25-2)9-14(10-18(13)26-3)12-22-23-21(24)20(27-4)15-5-6-16-19(11-15)29-8-7-28-16/h5-6,9-12,20H,7-8H2,1-4H3,(H,23,24)/b22-12+. The number of fused-ring (bicyclic) bond motifs is 1. The summed E-state index contributed by atoms with van der Waals surface area (Å²) in [6.45, 7) is 2.87. The van der Waals surface area contributed by atoms with Gasteiger partial charge in [0.15, 0.2) is 17.6 Å². The summed E-state index contributed by atoms with van der Waals surface area (Å²) in [5.41, 5.74) is 4.75. The lowest BCUT2D eigenvalue weighted by molar-refractivity contribution is -0.131. The molecule has 0 spiro atoms. The minimum atomic E-state index is -0.843. The molecule has 1 N–H and O–H groups in total. The zero-order valence-corrected chi connectivity index (χ0v) is 16.9. The molecule has 154 valence electrons. The van der Waals surface area contributed by atoms with Gasteiger partial charge in [0.1, 0.15) is 24.7 Å². The summed E-state index contributed by atoms with van der Waals surface area (Å²) in [6, 6.07) is 8.88. The maximum atomic E-state index is 12.6. The van der Waals surface area contributed by atoms with Crippen molar-refractivity contribution in [3.05, 3.63) is 47.0 Å². The van der Waals surface area contributed by atoms with Gasteiger partial charge in [-0.1, -0.05) is 6.07 Å². The summed E-state index contributed by atoms with van der Waals surface area (Å²) in [5, 5.41) is 4.03. The van der Waals surface area contributed by atoms with Crippen molar-refractivity contribution in [3.63, 3.8) is 0 Å². The van der Waals surface area contributed by atoms with E-state index in [0.717, 1.165) is 11.1 Å². The Morgan fingerprint density at radius 2 is 1.72 bits per heavy atom. The van der Waals surface area contributed by atoms with E-state index in [4.69, 9.17) is 23.7 Å². The van der Waals surface area contributed by atoms with Gasteiger partial charge in [0.25, 0.3) is 5.91 Å². The molecular formula is C21H24N2O6. The Balaban J connectivity index is 1.72. The first-order valence-electron chi connectivity index (χ1n) is 9.05. The summed E-state index contributed by atoms with van der Waals surface area (Å²) < 4.78 is 27.1. The molecule has 2 aromatic rings. The van der Waals surface area contributed by atoms with Crippen LogP contribution in [0.25, 0.3) is 0 Å². The van der Waals surface area contributed by atoms with Crippen molar-refractivity contribution in [2.24, 2.45) is 5.10 Å². The Labute approximate surface area is 169 Å². The summed E-state index contributed by atoms with van der Waals surface area (Å²) in [5.74, 6) is 2.17. The van der Waals surface area contributed by atoms with Crippen molar-refractivity contribution in [1.29, 1.82) is 0 Å². The molecule has 1 heterocycles. The lowest BCUT2D eigenvalue weighted by Crippen LogP contribution is -2.27. The fraction of sp³-hybridized carbons (Fsp3) is 0.333. The number of hydrazone groups is 1. The summed E-state index contributed by atoms with van der Waals surface area (Å²) in [7, 11) is 4.63. The van der Waals surface area contributed by atoms with Gasteiger partial charge in [0.2, 0.25) is 0 Å². The number of amides is 1. The molecule has 1 unspecified atom stereocenters. The van der Waals surface area contributed by atoms with E-state index < -0.39 is 12.0 Å². The van der Waals surface area contributed by atoms with Gasteiger partial charge in [-0.15, -0.1) is 0 Å². The number of carbonyl (C=O) groups is 1. The first-order chi connectivity index (χ1) is 14.1. The maximum Gasteiger partial charge on any atom is 0.273 e. The van der Waals surface area contributed by atoms with Gasteiger partial charge < -0.3 is 23.7 Å². The van der Waals surface area contributed by atoms with Crippen LogP contribution < -0.4 is 24.4 Å². The van der Waals surface area contributed by atoms with Crippen molar-refractivity contribution in [1.82, 2.24) is 5.43 Å².